The Labute approximate surface area is 157 Å². The van der Waals surface area contributed by atoms with E-state index in [-0.39, 0.29) is 18.3 Å². The number of nitrogens with zero attached hydrogens (tertiary/aromatic N) is 1. The van der Waals surface area contributed by atoms with Gasteiger partial charge in [0.15, 0.2) is 11.5 Å². The molecule has 1 amide bonds. The van der Waals surface area contributed by atoms with Gasteiger partial charge in [0, 0.05) is 19.5 Å². The van der Waals surface area contributed by atoms with Crippen molar-refractivity contribution >= 4 is 18.3 Å². The molecule has 1 aliphatic rings. The molecule has 1 aromatic carbocycles. The number of nitrogens with one attached hydrogen (secondary N) is 1. The Balaban J connectivity index is 0.00000312. The third kappa shape index (κ3) is 7.12. The summed E-state index contributed by atoms with van der Waals surface area (Å²) in [5.74, 6) is 2.34. The highest BCUT2D eigenvalue weighted by Crippen LogP contribution is 2.26. The zero-order valence-corrected chi connectivity index (χ0v) is 16.1. The highest BCUT2D eigenvalue weighted by Gasteiger charge is 2.22. The van der Waals surface area contributed by atoms with E-state index in [1.165, 1.54) is 6.42 Å². The molecule has 2 rings (SSSR count). The summed E-state index contributed by atoms with van der Waals surface area (Å²) in [5.41, 5.74) is 0. The number of rotatable bonds is 9. The van der Waals surface area contributed by atoms with E-state index in [2.05, 4.69) is 5.32 Å². The number of hydrogen-bond acceptors (Lipinski definition) is 4. The van der Waals surface area contributed by atoms with Crippen molar-refractivity contribution in [3.05, 3.63) is 24.3 Å². The minimum absolute atomic E-state index is 0. The molecule has 1 unspecified atom stereocenters. The molecule has 0 bridgehead atoms. The van der Waals surface area contributed by atoms with Gasteiger partial charge in [0.1, 0.15) is 0 Å². The normalized spacial score (nSPS) is 16.9. The number of hydrogen-bond donors (Lipinski definition) is 1. The summed E-state index contributed by atoms with van der Waals surface area (Å²) in [6, 6.07) is 7.66. The Morgan fingerprint density at radius 2 is 2.00 bits per heavy atom. The van der Waals surface area contributed by atoms with Gasteiger partial charge in [0.25, 0.3) is 0 Å². The summed E-state index contributed by atoms with van der Waals surface area (Å²) in [5, 5.41) is 3.21. The number of benzene rings is 1. The van der Waals surface area contributed by atoms with E-state index in [9.17, 15) is 4.79 Å². The Hall–Kier alpha value is -1.46. The quantitative estimate of drug-likeness (QED) is 0.678. The van der Waals surface area contributed by atoms with Crippen molar-refractivity contribution < 1.29 is 14.3 Å². The maximum absolute atomic E-state index is 12.4. The number of amides is 1. The lowest BCUT2D eigenvalue weighted by Crippen LogP contribution is -2.42. The van der Waals surface area contributed by atoms with E-state index in [0.717, 1.165) is 44.0 Å². The average molecular weight is 371 g/mol. The number of halogens is 1. The van der Waals surface area contributed by atoms with E-state index < -0.39 is 0 Å². The second-order valence-electron chi connectivity index (χ2n) is 6.24. The summed E-state index contributed by atoms with van der Waals surface area (Å²) < 4.78 is 11.3. The zero-order chi connectivity index (χ0) is 17.2. The molecular weight excluding hydrogens is 340 g/mol. The van der Waals surface area contributed by atoms with Gasteiger partial charge < -0.3 is 19.7 Å². The zero-order valence-electron chi connectivity index (χ0n) is 15.3. The van der Waals surface area contributed by atoms with Gasteiger partial charge >= 0.3 is 0 Å². The number of likely N-dealkylation sites (tertiary alicyclic amines) is 1. The largest absolute Gasteiger partial charge is 0.490 e. The van der Waals surface area contributed by atoms with Crippen molar-refractivity contribution in [1.82, 2.24) is 10.2 Å². The van der Waals surface area contributed by atoms with E-state index in [1.54, 1.807) is 0 Å². The smallest absolute Gasteiger partial charge is 0.222 e. The lowest BCUT2D eigenvalue weighted by molar-refractivity contribution is -0.133. The monoisotopic (exact) mass is 370 g/mol. The second-order valence-corrected chi connectivity index (χ2v) is 6.24. The molecule has 1 N–H and O–H groups in total. The predicted molar refractivity (Wildman–Crippen MR) is 103 cm³/mol. The van der Waals surface area contributed by atoms with Gasteiger partial charge in [-0.05, 0) is 57.8 Å². The van der Waals surface area contributed by atoms with Gasteiger partial charge in [-0.2, -0.15) is 0 Å². The van der Waals surface area contributed by atoms with Crippen LogP contribution in [0.15, 0.2) is 24.3 Å². The second kappa shape index (κ2) is 12.0. The van der Waals surface area contributed by atoms with E-state index in [0.29, 0.717) is 25.6 Å². The van der Waals surface area contributed by atoms with Crippen LogP contribution in [0.3, 0.4) is 0 Å². The molecule has 1 saturated heterocycles. The van der Waals surface area contributed by atoms with Crippen molar-refractivity contribution in [2.24, 2.45) is 5.92 Å². The van der Waals surface area contributed by atoms with Gasteiger partial charge in [-0.25, -0.2) is 0 Å². The van der Waals surface area contributed by atoms with Crippen LogP contribution in [-0.2, 0) is 4.79 Å². The minimum Gasteiger partial charge on any atom is -0.490 e. The number of carbonyl (C=O) groups excluding carboxylic acids is 1. The standard InChI is InChI=1S/C19H30N2O3.ClH/c1-3-23-17-9-4-5-10-18(17)24-13-7-11-19(22)21-12-6-8-16(15-21)14-20-2;/h4-5,9-10,16,20H,3,6-8,11-15H2,1-2H3;1H. The molecule has 142 valence electrons. The molecule has 1 heterocycles. The average Bonchev–Trinajstić information content (AvgIpc) is 2.60. The maximum atomic E-state index is 12.4. The molecule has 0 saturated carbocycles. The number of ether oxygens (including phenoxy) is 2. The Kier molecular flexibility index (Phi) is 10.3. The Bertz CT molecular complexity index is 511. The molecule has 1 aliphatic heterocycles. The fourth-order valence-electron chi connectivity index (χ4n) is 3.15. The molecule has 0 spiro atoms. The topological polar surface area (TPSA) is 50.8 Å². The predicted octanol–water partition coefficient (Wildman–Crippen LogP) is 3.12. The van der Waals surface area contributed by atoms with Crippen molar-refractivity contribution in [2.45, 2.75) is 32.6 Å². The molecule has 6 heteroatoms. The summed E-state index contributed by atoms with van der Waals surface area (Å²) in [4.78, 5) is 14.4. The molecule has 1 atom stereocenters. The SMILES string of the molecule is CCOc1ccccc1OCCCC(=O)N1CCCC(CNC)C1.Cl. The van der Waals surface area contributed by atoms with Crippen molar-refractivity contribution in [2.75, 3.05) is 39.9 Å². The van der Waals surface area contributed by atoms with Crippen LogP contribution < -0.4 is 14.8 Å². The van der Waals surface area contributed by atoms with Crippen LogP contribution in [-0.4, -0.2) is 50.7 Å². The minimum atomic E-state index is 0. The van der Waals surface area contributed by atoms with Gasteiger partial charge in [0.05, 0.1) is 13.2 Å². The maximum Gasteiger partial charge on any atom is 0.222 e. The van der Waals surface area contributed by atoms with Crippen LogP contribution in [0.2, 0.25) is 0 Å². The molecule has 0 radical (unpaired) electrons. The van der Waals surface area contributed by atoms with Crippen LogP contribution in [0.1, 0.15) is 32.6 Å². The Morgan fingerprint density at radius 1 is 1.28 bits per heavy atom. The summed E-state index contributed by atoms with van der Waals surface area (Å²) in [6.45, 7) is 5.86. The summed E-state index contributed by atoms with van der Waals surface area (Å²) >= 11 is 0. The number of carbonyl (C=O) groups is 1. The van der Waals surface area contributed by atoms with Gasteiger partial charge in [-0.15, -0.1) is 12.4 Å². The first-order chi connectivity index (χ1) is 11.7. The summed E-state index contributed by atoms with van der Waals surface area (Å²) in [7, 11) is 1.97. The molecule has 5 nitrogen and oxygen atoms in total. The van der Waals surface area contributed by atoms with Crippen LogP contribution >= 0.6 is 12.4 Å². The van der Waals surface area contributed by atoms with Gasteiger partial charge in [-0.3, -0.25) is 4.79 Å². The lowest BCUT2D eigenvalue weighted by atomic mass is 9.97. The molecule has 25 heavy (non-hydrogen) atoms. The molecule has 1 fully saturated rings. The van der Waals surface area contributed by atoms with Crippen molar-refractivity contribution in [1.29, 1.82) is 0 Å². The summed E-state index contributed by atoms with van der Waals surface area (Å²) in [6.07, 6.45) is 3.59. The number of para-hydroxylation sites is 2. The van der Waals surface area contributed by atoms with E-state index in [4.69, 9.17) is 9.47 Å². The molecular formula is C19H31ClN2O3. The van der Waals surface area contributed by atoms with Crippen LogP contribution in [0.5, 0.6) is 11.5 Å². The van der Waals surface area contributed by atoms with Crippen LogP contribution in [0.4, 0.5) is 0 Å². The third-order valence-electron chi connectivity index (χ3n) is 4.31. The Morgan fingerprint density at radius 3 is 2.68 bits per heavy atom. The fraction of sp³-hybridized carbons (Fsp3) is 0.632. The van der Waals surface area contributed by atoms with Crippen molar-refractivity contribution in [3.63, 3.8) is 0 Å². The van der Waals surface area contributed by atoms with Crippen LogP contribution in [0.25, 0.3) is 0 Å². The van der Waals surface area contributed by atoms with Gasteiger partial charge in [-0.1, -0.05) is 12.1 Å². The molecule has 0 aliphatic carbocycles. The van der Waals surface area contributed by atoms with E-state index in [1.807, 2.05) is 43.1 Å². The fourth-order valence-corrected chi connectivity index (χ4v) is 3.15. The lowest BCUT2D eigenvalue weighted by Gasteiger charge is -2.32. The highest BCUT2D eigenvalue weighted by atomic mass is 35.5. The number of piperidine rings is 1. The van der Waals surface area contributed by atoms with Gasteiger partial charge in [0.2, 0.25) is 5.91 Å². The molecule has 0 aromatic heterocycles. The first-order valence-corrected chi connectivity index (χ1v) is 9.01. The first-order valence-electron chi connectivity index (χ1n) is 9.01. The van der Waals surface area contributed by atoms with Crippen LogP contribution in [0, 0.1) is 5.92 Å². The first kappa shape index (κ1) is 21.6. The third-order valence-corrected chi connectivity index (χ3v) is 4.31. The highest BCUT2D eigenvalue weighted by molar-refractivity contribution is 5.85. The molecule has 1 aromatic rings. The van der Waals surface area contributed by atoms with E-state index >= 15 is 0 Å². The van der Waals surface area contributed by atoms with Crippen molar-refractivity contribution in [3.8, 4) is 11.5 Å².